The fourth-order valence-corrected chi connectivity index (χ4v) is 1.65. The standard InChI is InChI=1S/C12H14N2O2/c13-11(16)12(6-7-12)14-10(15)8-9-4-2-1-3-5-9/h1-5H,6-8H2,(H2,13,16)(H,14,15). The van der Waals surface area contributed by atoms with E-state index < -0.39 is 11.4 Å². The Kier molecular flexibility index (Phi) is 2.64. The topological polar surface area (TPSA) is 72.2 Å². The van der Waals surface area contributed by atoms with Crippen LogP contribution in [-0.2, 0) is 16.0 Å². The lowest BCUT2D eigenvalue weighted by Gasteiger charge is -2.13. The summed E-state index contributed by atoms with van der Waals surface area (Å²) in [7, 11) is 0. The van der Waals surface area contributed by atoms with Gasteiger partial charge in [-0.1, -0.05) is 30.3 Å². The largest absolute Gasteiger partial charge is 0.368 e. The van der Waals surface area contributed by atoms with E-state index in [9.17, 15) is 9.59 Å². The van der Waals surface area contributed by atoms with Crippen LogP contribution in [0.15, 0.2) is 30.3 Å². The first kappa shape index (κ1) is 10.7. The van der Waals surface area contributed by atoms with Crippen molar-refractivity contribution in [2.75, 3.05) is 0 Å². The summed E-state index contributed by atoms with van der Waals surface area (Å²) in [6.07, 6.45) is 1.60. The van der Waals surface area contributed by atoms with Crippen molar-refractivity contribution in [3.63, 3.8) is 0 Å². The summed E-state index contributed by atoms with van der Waals surface area (Å²) in [5.74, 6) is -0.587. The minimum atomic E-state index is -0.758. The van der Waals surface area contributed by atoms with Crippen LogP contribution in [0.25, 0.3) is 0 Å². The van der Waals surface area contributed by atoms with E-state index in [4.69, 9.17) is 5.73 Å². The molecule has 0 radical (unpaired) electrons. The number of benzene rings is 1. The lowest BCUT2D eigenvalue weighted by Crippen LogP contribution is -2.47. The van der Waals surface area contributed by atoms with Gasteiger partial charge in [0.15, 0.2) is 0 Å². The first-order chi connectivity index (χ1) is 7.62. The smallest absolute Gasteiger partial charge is 0.243 e. The zero-order valence-electron chi connectivity index (χ0n) is 8.90. The fourth-order valence-electron chi connectivity index (χ4n) is 1.65. The lowest BCUT2D eigenvalue weighted by atomic mass is 10.1. The van der Waals surface area contributed by atoms with Gasteiger partial charge in [-0.15, -0.1) is 0 Å². The highest BCUT2D eigenvalue weighted by atomic mass is 16.2. The number of hydrogen-bond acceptors (Lipinski definition) is 2. The van der Waals surface area contributed by atoms with Crippen LogP contribution in [0.3, 0.4) is 0 Å². The zero-order chi connectivity index (χ0) is 11.6. The van der Waals surface area contributed by atoms with Crippen LogP contribution in [0.1, 0.15) is 18.4 Å². The zero-order valence-corrected chi connectivity index (χ0v) is 8.90. The predicted molar refractivity (Wildman–Crippen MR) is 59.4 cm³/mol. The summed E-state index contributed by atoms with van der Waals surface area (Å²) >= 11 is 0. The first-order valence-electron chi connectivity index (χ1n) is 5.27. The van der Waals surface area contributed by atoms with Crippen molar-refractivity contribution in [1.29, 1.82) is 0 Å². The number of carbonyl (C=O) groups excluding carboxylic acids is 2. The highest BCUT2D eigenvalue weighted by Crippen LogP contribution is 2.34. The Hall–Kier alpha value is -1.84. The second-order valence-corrected chi connectivity index (χ2v) is 4.16. The number of carbonyl (C=O) groups is 2. The van der Waals surface area contributed by atoms with Gasteiger partial charge in [0.1, 0.15) is 5.54 Å². The molecule has 1 aromatic carbocycles. The van der Waals surface area contributed by atoms with Crippen LogP contribution >= 0.6 is 0 Å². The van der Waals surface area contributed by atoms with Gasteiger partial charge < -0.3 is 11.1 Å². The number of nitrogens with one attached hydrogen (secondary N) is 1. The van der Waals surface area contributed by atoms with E-state index in [-0.39, 0.29) is 12.3 Å². The van der Waals surface area contributed by atoms with Gasteiger partial charge in [-0.2, -0.15) is 0 Å². The summed E-state index contributed by atoms with van der Waals surface area (Å²) < 4.78 is 0. The Morgan fingerprint density at radius 2 is 1.88 bits per heavy atom. The number of amides is 2. The number of hydrogen-bond donors (Lipinski definition) is 2. The summed E-state index contributed by atoms with van der Waals surface area (Å²) in [5, 5.41) is 2.70. The molecule has 1 saturated carbocycles. The summed E-state index contributed by atoms with van der Waals surface area (Å²) in [6, 6.07) is 9.41. The van der Waals surface area contributed by atoms with Crippen LogP contribution < -0.4 is 11.1 Å². The number of primary amides is 1. The van der Waals surface area contributed by atoms with Crippen molar-refractivity contribution in [3.05, 3.63) is 35.9 Å². The lowest BCUT2D eigenvalue weighted by molar-refractivity contribution is -0.127. The second-order valence-electron chi connectivity index (χ2n) is 4.16. The minimum Gasteiger partial charge on any atom is -0.368 e. The average Bonchev–Trinajstić information content (AvgIpc) is 3.00. The minimum absolute atomic E-state index is 0.150. The van der Waals surface area contributed by atoms with Crippen molar-refractivity contribution >= 4 is 11.8 Å². The number of rotatable bonds is 4. The van der Waals surface area contributed by atoms with Crippen LogP contribution in [-0.4, -0.2) is 17.4 Å². The number of nitrogens with two attached hydrogens (primary N) is 1. The van der Waals surface area contributed by atoms with Crippen molar-refractivity contribution in [1.82, 2.24) is 5.32 Å². The third-order valence-electron chi connectivity index (χ3n) is 2.81. The van der Waals surface area contributed by atoms with Crippen LogP contribution in [0.2, 0.25) is 0 Å². The van der Waals surface area contributed by atoms with Crippen LogP contribution in [0, 0.1) is 0 Å². The highest BCUT2D eigenvalue weighted by molar-refractivity contribution is 5.93. The predicted octanol–water partition coefficient (Wildman–Crippen LogP) is 0.363. The van der Waals surface area contributed by atoms with E-state index in [1.54, 1.807) is 0 Å². The second kappa shape index (κ2) is 3.96. The van der Waals surface area contributed by atoms with Gasteiger partial charge in [0, 0.05) is 0 Å². The highest BCUT2D eigenvalue weighted by Gasteiger charge is 2.49. The van der Waals surface area contributed by atoms with Gasteiger partial charge in [-0.25, -0.2) is 0 Å². The molecule has 0 heterocycles. The van der Waals surface area contributed by atoms with Gasteiger partial charge in [-0.05, 0) is 18.4 Å². The van der Waals surface area contributed by atoms with E-state index in [1.807, 2.05) is 30.3 Å². The molecule has 1 aliphatic rings. The van der Waals surface area contributed by atoms with E-state index in [2.05, 4.69) is 5.32 Å². The summed E-state index contributed by atoms with van der Waals surface area (Å²) in [4.78, 5) is 22.7. The molecule has 2 rings (SSSR count). The Balaban J connectivity index is 1.93. The maximum Gasteiger partial charge on any atom is 0.243 e. The molecule has 0 saturated heterocycles. The molecule has 0 aliphatic heterocycles. The molecule has 0 unspecified atom stereocenters. The van der Waals surface area contributed by atoms with Crippen LogP contribution in [0.4, 0.5) is 0 Å². The SMILES string of the molecule is NC(=O)C1(NC(=O)Cc2ccccc2)CC1. The Bertz CT molecular complexity index is 410. The molecule has 16 heavy (non-hydrogen) atoms. The maximum atomic E-state index is 11.7. The van der Waals surface area contributed by atoms with Crippen molar-refractivity contribution in [2.24, 2.45) is 5.73 Å². The van der Waals surface area contributed by atoms with Gasteiger partial charge in [0.25, 0.3) is 0 Å². The molecule has 1 aromatic rings. The summed E-state index contributed by atoms with van der Waals surface area (Å²) in [5.41, 5.74) is 5.39. The van der Waals surface area contributed by atoms with Crippen molar-refractivity contribution in [2.45, 2.75) is 24.8 Å². The van der Waals surface area contributed by atoms with E-state index >= 15 is 0 Å². The van der Waals surface area contributed by atoms with Gasteiger partial charge in [-0.3, -0.25) is 9.59 Å². The van der Waals surface area contributed by atoms with E-state index in [0.29, 0.717) is 12.8 Å². The molecule has 2 amide bonds. The molecule has 4 nitrogen and oxygen atoms in total. The molecule has 0 aromatic heterocycles. The van der Waals surface area contributed by atoms with Crippen LogP contribution in [0.5, 0.6) is 0 Å². The van der Waals surface area contributed by atoms with E-state index in [0.717, 1.165) is 5.56 Å². The van der Waals surface area contributed by atoms with Gasteiger partial charge in [0.05, 0.1) is 6.42 Å². The molecule has 0 atom stereocenters. The molecular weight excluding hydrogens is 204 g/mol. The summed E-state index contributed by atoms with van der Waals surface area (Å²) in [6.45, 7) is 0. The Morgan fingerprint density at radius 3 is 2.38 bits per heavy atom. The molecule has 4 heteroatoms. The van der Waals surface area contributed by atoms with Crippen molar-refractivity contribution in [3.8, 4) is 0 Å². The molecule has 0 bridgehead atoms. The Labute approximate surface area is 93.8 Å². The first-order valence-corrected chi connectivity index (χ1v) is 5.27. The molecular formula is C12H14N2O2. The quantitative estimate of drug-likeness (QED) is 0.766. The molecule has 1 aliphatic carbocycles. The fraction of sp³-hybridized carbons (Fsp3) is 0.333. The molecule has 3 N–H and O–H groups in total. The normalized spacial score (nSPS) is 16.5. The Morgan fingerprint density at radius 1 is 1.25 bits per heavy atom. The third-order valence-corrected chi connectivity index (χ3v) is 2.81. The monoisotopic (exact) mass is 218 g/mol. The molecule has 1 fully saturated rings. The van der Waals surface area contributed by atoms with E-state index in [1.165, 1.54) is 0 Å². The van der Waals surface area contributed by atoms with Gasteiger partial charge in [0.2, 0.25) is 11.8 Å². The van der Waals surface area contributed by atoms with Crippen molar-refractivity contribution < 1.29 is 9.59 Å². The molecule has 84 valence electrons. The third kappa shape index (κ3) is 2.21. The molecule has 0 spiro atoms. The maximum absolute atomic E-state index is 11.7. The average molecular weight is 218 g/mol. The van der Waals surface area contributed by atoms with Gasteiger partial charge >= 0.3 is 0 Å².